The number of carbonyl (C=O) groups is 1. The third-order valence-corrected chi connectivity index (χ3v) is 5.32. The quantitative estimate of drug-likeness (QED) is 0.811. The van der Waals surface area contributed by atoms with Gasteiger partial charge in [-0.25, -0.2) is 0 Å². The van der Waals surface area contributed by atoms with Crippen LogP contribution in [0.3, 0.4) is 0 Å². The third kappa shape index (κ3) is 3.78. The van der Waals surface area contributed by atoms with Crippen LogP contribution in [0.25, 0.3) is 0 Å². The van der Waals surface area contributed by atoms with Crippen molar-refractivity contribution in [2.24, 2.45) is 5.92 Å². The van der Waals surface area contributed by atoms with Crippen LogP contribution in [0.5, 0.6) is 0 Å². The minimum Gasteiger partial charge on any atom is -0.299 e. The Morgan fingerprint density at radius 2 is 1.82 bits per heavy atom. The van der Waals surface area contributed by atoms with Crippen LogP contribution in [0.1, 0.15) is 24.5 Å². The van der Waals surface area contributed by atoms with Crippen LogP contribution in [0.15, 0.2) is 24.3 Å². The second-order valence-corrected chi connectivity index (χ2v) is 6.43. The predicted molar refractivity (Wildman–Crippen MR) is 77.6 cm³/mol. The molecule has 1 heterocycles. The van der Waals surface area contributed by atoms with Crippen molar-refractivity contribution in [3.8, 4) is 0 Å². The molecular weight excluding hydrogens is 248 g/mol. The Kier molecular flexibility index (Phi) is 4.99. The average Bonchev–Trinajstić information content (AvgIpc) is 2.36. The number of fused-ring (bicyclic) bond motifs is 2. The van der Waals surface area contributed by atoms with E-state index in [1.165, 1.54) is 11.1 Å². The molecule has 0 saturated heterocycles. The molecule has 2 bridgehead atoms. The lowest BCUT2D eigenvalue weighted by atomic mass is 10.1. The summed E-state index contributed by atoms with van der Waals surface area (Å²) in [5.74, 6) is 4.69. The molecule has 1 nitrogen and oxygen atoms in total. The molecule has 0 spiro atoms. The molecule has 0 radical (unpaired) electrons. The molecular formula is C14H18OS2. The van der Waals surface area contributed by atoms with Gasteiger partial charge in [0.25, 0.3) is 0 Å². The van der Waals surface area contributed by atoms with Crippen molar-refractivity contribution in [3.05, 3.63) is 35.4 Å². The van der Waals surface area contributed by atoms with E-state index >= 15 is 0 Å². The maximum atomic E-state index is 11.8. The van der Waals surface area contributed by atoms with Gasteiger partial charge in [-0.2, -0.15) is 23.5 Å². The zero-order valence-electron chi connectivity index (χ0n) is 10.1. The lowest BCUT2D eigenvalue weighted by Crippen LogP contribution is -2.19. The van der Waals surface area contributed by atoms with Crippen molar-refractivity contribution in [3.63, 3.8) is 0 Å². The van der Waals surface area contributed by atoms with E-state index in [1.54, 1.807) is 0 Å². The summed E-state index contributed by atoms with van der Waals surface area (Å²) >= 11 is 3.78. The second-order valence-electron chi connectivity index (χ2n) is 4.37. The number of carbonyl (C=O) groups excluding carboxylic acids is 1. The lowest BCUT2D eigenvalue weighted by Gasteiger charge is -2.16. The highest BCUT2D eigenvalue weighted by molar-refractivity contribution is 7.99. The summed E-state index contributed by atoms with van der Waals surface area (Å²) in [7, 11) is 0. The summed E-state index contributed by atoms with van der Waals surface area (Å²) < 4.78 is 0. The van der Waals surface area contributed by atoms with E-state index in [-0.39, 0.29) is 5.92 Å². The fraction of sp³-hybridized carbons (Fsp3) is 0.500. The molecule has 1 aromatic rings. The van der Waals surface area contributed by atoms with Gasteiger partial charge in [-0.05, 0) is 11.1 Å². The van der Waals surface area contributed by atoms with Crippen LogP contribution in [0.4, 0.5) is 0 Å². The number of thioether (sulfide) groups is 2. The smallest absolute Gasteiger partial charge is 0.137 e. The maximum Gasteiger partial charge on any atom is 0.137 e. The molecule has 0 amide bonds. The summed E-state index contributed by atoms with van der Waals surface area (Å²) in [4.78, 5) is 11.8. The molecule has 0 saturated carbocycles. The largest absolute Gasteiger partial charge is 0.299 e. The van der Waals surface area contributed by atoms with Crippen molar-refractivity contribution >= 4 is 29.3 Å². The minimum atomic E-state index is 0.249. The minimum absolute atomic E-state index is 0.249. The number of hydrogen-bond donors (Lipinski definition) is 0. The highest BCUT2D eigenvalue weighted by Crippen LogP contribution is 2.25. The highest BCUT2D eigenvalue weighted by atomic mass is 32.2. The first-order valence-corrected chi connectivity index (χ1v) is 8.36. The Labute approximate surface area is 112 Å². The number of benzene rings is 1. The summed E-state index contributed by atoms with van der Waals surface area (Å²) in [5.41, 5.74) is 2.77. The van der Waals surface area contributed by atoms with Gasteiger partial charge in [-0.1, -0.05) is 31.2 Å². The fourth-order valence-corrected chi connectivity index (χ4v) is 4.36. The van der Waals surface area contributed by atoms with Crippen LogP contribution in [-0.2, 0) is 16.3 Å². The molecule has 3 heteroatoms. The molecule has 17 heavy (non-hydrogen) atoms. The highest BCUT2D eigenvalue weighted by Gasteiger charge is 2.17. The first-order chi connectivity index (χ1) is 8.29. The Morgan fingerprint density at radius 1 is 1.24 bits per heavy atom. The van der Waals surface area contributed by atoms with Crippen LogP contribution < -0.4 is 0 Å². The van der Waals surface area contributed by atoms with Crippen LogP contribution in [0.2, 0.25) is 0 Å². The van der Waals surface area contributed by atoms with Gasteiger partial charge in [0.1, 0.15) is 5.78 Å². The van der Waals surface area contributed by atoms with Gasteiger partial charge >= 0.3 is 0 Å². The van der Waals surface area contributed by atoms with Crippen molar-refractivity contribution in [1.82, 2.24) is 0 Å². The zero-order chi connectivity index (χ0) is 12.1. The van der Waals surface area contributed by atoms with Gasteiger partial charge < -0.3 is 0 Å². The number of hydrogen-bond acceptors (Lipinski definition) is 3. The molecule has 0 aliphatic carbocycles. The molecule has 92 valence electrons. The van der Waals surface area contributed by atoms with Crippen molar-refractivity contribution in [2.45, 2.75) is 24.9 Å². The van der Waals surface area contributed by atoms with Crippen LogP contribution >= 0.6 is 23.5 Å². The molecule has 2 rings (SSSR count). The van der Waals surface area contributed by atoms with Crippen LogP contribution in [-0.4, -0.2) is 17.3 Å². The van der Waals surface area contributed by atoms with Gasteiger partial charge in [0.2, 0.25) is 0 Å². The molecule has 1 aliphatic rings. The van der Waals surface area contributed by atoms with E-state index in [9.17, 15) is 4.79 Å². The zero-order valence-corrected chi connectivity index (χ0v) is 11.8. The molecule has 0 fully saturated rings. The normalized spacial score (nSPS) is 17.7. The Hall–Kier alpha value is -0.410. The van der Waals surface area contributed by atoms with E-state index in [2.05, 4.69) is 24.3 Å². The number of ketones is 1. The maximum absolute atomic E-state index is 11.8. The first kappa shape index (κ1) is 13.0. The number of Topliss-reactive ketones (excluding diaryl/α,β-unsaturated/α-hetero) is 1. The van der Waals surface area contributed by atoms with E-state index < -0.39 is 0 Å². The molecule has 0 unspecified atom stereocenters. The van der Waals surface area contributed by atoms with E-state index in [0.717, 1.165) is 23.0 Å². The fourth-order valence-electron chi connectivity index (χ4n) is 1.97. The second kappa shape index (κ2) is 6.50. The lowest BCUT2D eigenvalue weighted by molar-refractivity contribution is -0.121. The van der Waals surface area contributed by atoms with Gasteiger partial charge in [-0.15, -0.1) is 0 Å². The van der Waals surface area contributed by atoms with Crippen molar-refractivity contribution < 1.29 is 4.79 Å². The standard InChI is InChI=1S/C14H18OS2/c1-2-14(15)13-9-16-7-11-4-3-5-12(6-11)8-17-10-13/h3-6,13H,2,7-10H2,1H3. The van der Waals surface area contributed by atoms with E-state index in [1.807, 2.05) is 30.4 Å². The summed E-state index contributed by atoms with van der Waals surface area (Å²) in [6.07, 6.45) is 0.678. The van der Waals surface area contributed by atoms with Crippen LogP contribution in [0, 0.1) is 5.92 Å². The Morgan fingerprint density at radius 3 is 2.35 bits per heavy atom. The van der Waals surface area contributed by atoms with Gasteiger partial charge in [0.15, 0.2) is 0 Å². The Balaban J connectivity index is 2.05. The third-order valence-electron chi connectivity index (χ3n) is 2.97. The molecule has 0 atom stereocenters. The summed E-state index contributed by atoms with van der Waals surface area (Å²) in [6, 6.07) is 8.79. The summed E-state index contributed by atoms with van der Waals surface area (Å²) in [6.45, 7) is 1.97. The molecule has 0 aromatic heterocycles. The van der Waals surface area contributed by atoms with Gasteiger partial charge in [0.05, 0.1) is 0 Å². The predicted octanol–water partition coefficient (Wildman–Crippen LogP) is 3.76. The van der Waals surface area contributed by atoms with Crippen molar-refractivity contribution in [1.29, 1.82) is 0 Å². The topological polar surface area (TPSA) is 17.1 Å². The molecule has 1 aliphatic heterocycles. The van der Waals surface area contributed by atoms with Gasteiger partial charge in [-0.3, -0.25) is 4.79 Å². The van der Waals surface area contributed by atoms with E-state index in [4.69, 9.17) is 0 Å². The first-order valence-electron chi connectivity index (χ1n) is 6.05. The summed E-state index contributed by atoms with van der Waals surface area (Å²) in [5, 5.41) is 0. The monoisotopic (exact) mass is 266 g/mol. The molecule has 0 N–H and O–H groups in total. The Bertz CT molecular complexity index is 364. The van der Waals surface area contributed by atoms with E-state index in [0.29, 0.717) is 12.2 Å². The average molecular weight is 266 g/mol. The van der Waals surface area contributed by atoms with Gasteiger partial charge in [0, 0.05) is 35.4 Å². The van der Waals surface area contributed by atoms with Crippen molar-refractivity contribution in [2.75, 3.05) is 11.5 Å². The molecule has 1 aromatic carbocycles. The SMILES string of the molecule is CCC(=O)C1CSCc2cccc(c2)CSC1. The number of rotatable bonds is 2.